The Balaban J connectivity index is 1.57. The van der Waals surface area contributed by atoms with Crippen LogP contribution in [0.15, 0.2) is 29.2 Å². The summed E-state index contributed by atoms with van der Waals surface area (Å²) in [6, 6.07) is 4.68. The van der Waals surface area contributed by atoms with Gasteiger partial charge >= 0.3 is 4.87 Å². The molecule has 1 saturated heterocycles. The summed E-state index contributed by atoms with van der Waals surface area (Å²) in [6.45, 7) is 2.66. The van der Waals surface area contributed by atoms with Gasteiger partial charge in [-0.05, 0) is 57.0 Å². The van der Waals surface area contributed by atoms with Gasteiger partial charge in [-0.15, -0.1) is 5.10 Å². The van der Waals surface area contributed by atoms with E-state index in [4.69, 9.17) is 16.3 Å². The summed E-state index contributed by atoms with van der Waals surface area (Å²) in [6.07, 6.45) is 2.16. The van der Waals surface area contributed by atoms with Crippen molar-refractivity contribution in [2.75, 3.05) is 39.6 Å². The number of hydrogen-bond acceptors (Lipinski definition) is 8. The molecule has 0 radical (unpaired) electrons. The van der Waals surface area contributed by atoms with Crippen LogP contribution in [0.4, 0.5) is 9.52 Å². The third-order valence-corrected chi connectivity index (χ3v) is 7.24. The van der Waals surface area contributed by atoms with E-state index in [1.165, 1.54) is 25.4 Å². The highest BCUT2D eigenvalue weighted by Gasteiger charge is 2.28. The van der Waals surface area contributed by atoms with Crippen molar-refractivity contribution >= 4 is 39.9 Å². The zero-order valence-corrected chi connectivity index (χ0v) is 22.3. The van der Waals surface area contributed by atoms with Gasteiger partial charge in [-0.1, -0.05) is 11.6 Å². The Hall–Kier alpha value is -3.35. The van der Waals surface area contributed by atoms with Crippen LogP contribution in [0.2, 0.25) is 5.02 Å². The van der Waals surface area contributed by atoms with Gasteiger partial charge in [0.1, 0.15) is 12.3 Å². The zero-order valence-electron chi connectivity index (χ0n) is 20.7. The van der Waals surface area contributed by atoms with Crippen LogP contribution in [-0.4, -0.2) is 76.7 Å². The van der Waals surface area contributed by atoms with Crippen molar-refractivity contribution < 1.29 is 18.7 Å². The van der Waals surface area contributed by atoms with Gasteiger partial charge in [-0.2, -0.15) is 0 Å². The van der Waals surface area contributed by atoms with Crippen LogP contribution in [0, 0.1) is 12.7 Å². The number of methoxy groups -OCH3 is 1. The summed E-state index contributed by atoms with van der Waals surface area (Å²) in [4.78, 5) is 45.8. The molecule has 13 heteroatoms. The van der Waals surface area contributed by atoms with Crippen molar-refractivity contribution in [1.29, 1.82) is 0 Å². The quantitative estimate of drug-likeness (QED) is 0.483. The Morgan fingerprint density at radius 2 is 2.11 bits per heavy atom. The zero-order chi connectivity index (χ0) is 26.9. The van der Waals surface area contributed by atoms with Crippen molar-refractivity contribution in [3.05, 3.63) is 56.2 Å². The van der Waals surface area contributed by atoms with Crippen molar-refractivity contribution in [1.82, 2.24) is 24.6 Å². The average Bonchev–Trinajstić information content (AvgIpc) is 3.48. The number of nitrogens with zero attached hydrogens (tertiary/aromatic N) is 5. The van der Waals surface area contributed by atoms with Crippen LogP contribution in [0.25, 0.3) is 11.1 Å². The van der Waals surface area contributed by atoms with Crippen LogP contribution in [-0.2, 0) is 11.3 Å². The second-order valence-electron chi connectivity index (χ2n) is 8.84. The monoisotopic (exact) mass is 548 g/mol. The standard InChI is InChI=1S/C24H26ClFN6O4S/c1-13-9-15(20-18(36-4)6-5-17(25)21(20)26)16(10-27-13)22(34)28-23-29-32(24(35)37-23)12-19(33)31-8-7-14(11-31)30(2)3/h5-6,9-10,14H,7-8,11-12H2,1-4H3,(H,28,29,34)/t14-/m0/s1. The molecule has 1 aromatic carbocycles. The number of amides is 2. The van der Waals surface area contributed by atoms with Gasteiger partial charge in [0.2, 0.25) is 11.0 Å². The number of pyridine rings is 1. The molecule has 0 bridgehead atoms. The van der Waals surface area contributed by atoms with Gasteiger partial charge in [0.25, 0.3) is 5.91 Å². The number of rotatable bonds is 7. The molecular formula is C24H26ClFN6O4S. The van der Waals surface area contributed by atoms with Crippen LogP contribution < -0.4 is 14.9 Å². The molecule has 37 heavy (non-hydrogen) atoms. The first kappa shape index (κ1) is 26.7. The maximum atomic E-state index is 15.1. The summed E-state index contributed by atoms with van der Waals surface area (Å²) < 4.78 is 21.4. The number of nitrogens with one attached hydrogen (secondary N) is 1. The number of carbonyl (C=O) groups excluding carboxylic acids is 2. The highest BCUT2D eigenvalue weighted by Crippen LogP contribution is 2.38. The van der Waals surface area contributed by atoms with E-state index in [2.05, 4.69) is 20.3 Å². The molecule has 0 spiro atoms. The average molecular weight is 549 g/mol. The van der Waals surface area contributed by atoms with Crippen LogP contribution in [0.1, 0.15) is 22.5 Å². The first-order valence-electron chi connectivity index (χ1n) is 11.4. The van der Waals surface area contributed by atoms with Gasteiger partial charge in [-0.3, -0.25) is 24.7 Å². The lowest BCUT2D eigenvalue weighted by atomic mass is 9.98. The topological polar surface area (TPSA) is 110 Å². The Kier molecular flexibility index (Phi) is 7.90. The third-order valence-electron chi connectivity index (χ3n) is 6.19. The molecule has 0 unspecified atom stereocenters. The van der Waals surface area contributed by atoms with Crippen molar-refractivity contribution in [2.45, 2.75) is 25.9 Å². The van der Waals surface area contributed by atoms with Gasteiger partial charge in [0.15, 0.2) is 5.82 Å². The predicted octanol–water partition coefficient (Wildman–Crippen LogP) is 2.89. The number of carbonyl (C=O) groups is 2. The van der Waals surface area contributed by atoms with Gasteiger partial charge in [0, 0.05) is 36.6 Å². The molecule has 1 fully saturated rings. The lowest BCUT2D eigenvalue weighted by Crippen LogP contribution is -2.37. The molecule has 1 atom stereocenters. The molecule has 1 aliphatic heterocycles. The molecule has 3 heterocycles. The third kappa shape index (κ3) is 5.65. The Morgan fingerprint density at radius 1 is 1.35 bits per heavy atom. The van der Waals surface area contributed by atoms with Crippen molar-refractivity contribution in [2.24, 2.45) is 0 Å². The maximum Gasteiger partial charge on any atom is 0.327 e. The molecule has 0 saturated carbocycles. The second kappa shape index (κ2) is 11.0. The Labute approximate surface area is 221 Å². The number of hydrogen-bond donors (Lipinski definition) is 1. The predicted molar refractivity (Wildman–Crippen MR) is 139 cm³/mol. The number of anilines is 1. The fourth-order valence-corrected chi connectivity index (χ4v) is 4.96. The van der Waals surface area contributed by atoms with E-state index in [0.29, 0.717) is 30.1 Å². The second-order valence-corrected chi connectivity index (χ2v) is 10.2. The van der Waals surface area contributed by atoms with E-state index in [-0.39, 0.29) is 51.1 Å². The van der Waals surface area contributed by atoms with E-state index in [9.17, 15) is 14.4 Å². The normalized spacial score (nSPS) is 15.3. The Bertz CT molecular complexity index is 1410. The first-order chi connectivity index (χ1) is 17.6. The smallest absolute Gasteiger partial charge is 0.327 e. The SMILES string of the molecule is COc1ccc(Cl)c(F)c1-c1cc(C)ncc1C(=O)Nc1nn(CC(=O)N2CC[C@H](N(C)C)C2)c(=O)s1. The summed E-state index contributed by atoms with van der Waals surface area (Å²) >= 11 is 6.69. The van der Waals surface area contributed by atoms with Crippen LogP contribution in [0.5, 0.6) is 5.75 Å². The van der Waals surface area contributed by atoms with Crippen molar-refractivity contribution in [3.8, 4) is 16.9 Å². The number of halogens is 2. The minimum absolute atomic E-state index is 0.000413. The summed E-state index contributed by atoms with van der Waals surface area (Å²) in [5.74, 6) is -1.44. The first-order valence-corrected chi connectivity index (χ1v) is 12.6. The van der Waals surface area contributed by atoms with E-state index in [1.54, 1.807) is 17.9 Å². The number of aromatic nitrogens is 3. The molecule has 4 rings (SSSR count). The fourth-order valence-electron chi connectivity index (χ4n) is 4.14. The molecule has 1 aliphatic rings. The molecule has 2 amide bonds. The molecular weight excluding hydrogens is 523 g/mol. The fraction of sp³-hybridized carbons (Fsp3) is 0.375. The lowest BCUT2D eigenvalue weighted by molar-refractivity contribution is -0.131. The van der Waals surface area contributed by atoms with Crippen molar-refractivity contribution in [3.63, 3.8) is 0 Å². The van der Waals surface area contributed by atoms with Crippen LogP contribution >= 0.6 is 22.9 Å². The number of likely N-dealkylation sites (N-methyl/N-ethyl adjacent to an activating group) is 1. The lowest BCUT2D eigenvalue weighted by Gasteiger charge is -2.20. The Morgan fingerprint density at radius 3 is 2.78 bits per heavy atom. The van der Waals surface area contributed by atoms with Crippen LogP contribution in [0.3, 0.4) is 0 Å². The summed E-state index contributed by atoms with van der Waals surface area (Å²) in [5, 5.41) is 6.55. The number of benzene rings is 1. The highest BCUT2D eigenvalue weighted by atomic mass is 35.5. The van der Waals surface area contributed by atoms with E-state index in [1.807, 2.05) is 14.1 Å². The maximum absolute atomic E-state index is 15.1. The largest absolute Gasteiger partial charge is 0.496 e. The van der Waals surface area contributed by atoms with E-state index >= 15 is 4.39 Å². The molecule has 196 valence electrons. The molecule has 3 aromatic rings. The van der Waals surface area contributed by atoms with E-state index in [0.717, 1.165) is 11.1 Å². The number of ether oxygens (including phenoxy) is 1. The summed E-state index contributed by atoms with van der Waals surface area (Å²) in [7, 11) is 5.31. The molecule has 0 aliphatic carbocycles. The number of likely N-dealkylation sites (tertiary alicyclic amines) is 1. The van der Waals surface area contributed by atoms with Gasteiger partial charge < -0.3 is 14.5 Å². The minimum Gasteiger partial charge on any atom is -0.496 e. The van der Waals surface area contributed by atoms with E-state index < -0.39 is 16.6 Å². The molecule has 10 nitrogen and oxygen atoms in total. The minimum atomic E-state index is -0.744. The highest BCUT2D eigenvalue weighted by molar-refractivity contribution is 7.13. The molecule has 2 aromatic heterocycles. The molecule has 1 N–H and O–H groups in total. The number of aryl methyl sites for hydroxylation is 1. The summed E-state index contributed by atoms with van der Waals surface area (Å²) in [5.41, 5.74) is 0.797. The van der Waals surface area contributed by atoms with Gasteiger partial charge in [0.05, 0.1) is 23.3 Å². The van der Waals surface area contributed by atoms with Gasteiger partial charge in [-0.25, -0.2) is 9.07 Å².